The number of benzene rings is 1. The molecule has 1 atom stereocenters. The van der Waals surface area contributed by atoms with Crippen molar-refractivity contribution in [2.45, 2.75) is 32.2 Å². The van der Waals surface area contributed by atoms with Crippen LogP contribution in [0.5, 0.6) is 11.5 Å². The van der Waals surface area contributed by atoms with Gasteiger partial charge in [0.05, 0.1) is 20.4 Å². The van der Waals surface area contributed by atoms with E-state index in [-0.39, 0.29) is 17.9 Å². The first kappa shape index (κ1) is 15.4. The number of carbonyl (C=O) groups is 1. The molecule has 0 radical (unpaired) electrons. The van der Waals surface area contributed by atoms with Crippen molar-refractivity contribution < 1.29 is 14.3 Å². The molecular weight excluding hydrogens is 294 g/mol. The van der Waals surface area contributed by atoms with Crippen LogP contribution < -0.4 is 14.8 Å². The minimum Gasteiger partial charge on any atom is -0.497 e. The number of ether oxygens (including phenoxy) is 2. The average molecular weight is 315 g/mol. The molecule has 1 aromatic heterocycles. The average Bonchev–Trinajstić information content (AvgIpc) is 2.97. The van der Waals surface area contributed by atoms with E-state index in [4.69, 9.17) is 9.47 Å². The van der Waals surface area contributed by atoms with Crippen LogP contribution in [0.25, 0.3) is 0 Å². The fourth-order valence-electron chi connectivity index (χ4n) is 3.02. The van der Waals surface area contributed by atoms with E-state index in [1.165, 1.54) is 0 Å². The molecule has 6 nitrogen and oxygen atoms in total. The maximum absolute atomic E-state index is 12.2. The minimum atomic E-state index is -0.101. The molecule has 122 valence electrons. The molecule has 3 rings (SSSR count). The Morgan fingerprint density at radius 2 is 2.04 bits per heavy atom. The van der Waals surface area contributed by atoms with Crippen LogP contribution in [0.2, 0.25) is 0 Å². The summed E-state index contributed by atoms with van der Waals surface area (Å²) in [5, 5.41) is 7.38. The van der Waals surface area contributed by atoms with Gasteiger partial charge in [-0.15, -0.1) is 0 Å². The zero-order chi connectivity index (χ0) is 16.6. The second-order valence-electron chi connectivity index (χ2n) is 5.90. The number of fused-ring (bicyclic) bond motifs is 1. The third-order valence-corrected chi connectivity index (χ3v) is 4.15. The van der Waals surface area contributed by atoms with Gasteiger partial charge in [-0.05, 0) is 32.0 Å². The van der Waals surface area contributed by atoms with Gasteiger partial charge in [0.15, 0.2) is 0 Å². The van der Waals surface area contributed by atoms with Gasteiger partial charge in [0.2, 0.25) is 5.91 Å². The summed E-state index contributed by atoms with van der Waals surface area (Å²) in [6.45, 7) is 4.07. The number of rotatable bonds is 4. The zero-order valence-corrected chi connectivity index (χ0v) is 13.8. The molecular formula is C17H21N3O3. The van der Waals surface area contributed by atoms with E-state index in [0.717, 1.165) is 28.4 Å². The molecule has 0 bridgehead atoms. The van der Waals surface area contributed by atoms with Crippen LogP contribution >= 0.6 is 0 Å². The quantitative estimate of drug-likeness (QED) is 0.942. The summed E-state index contributed by atoms with van der Waals surface area (Å²) in [6.07, 6.45) is 2.19. The molecule has 6 heteroatoms. The Labute approximate surface area is 135 Å². The number of anilines is 1. The molecule has 1 amide bonds. The van der Waals surface area contributed by atoms with Crippen molar-refractivity contribution in [3.05, 3.63) is 35.5 Å². The Morgan fingerprint density at radius 1 is 1.26 bits per heavy atom. The lowest BCUT2D eigenvalue weighted by Crippen LogP contribution is -2.25. The predicted molar refractivity (Wildman–Crippen MR) is 87.2 cm³/mol. The first-order chi connectivity index (χ1) is 11.0. The number of nitrogens with one attached hydrogen (secondary N) is 1. The number of aromatic nitrogens is 2. The molecule has 1 aliphatic heterocycles. The number of methoxy groups -OCH3 is 2. The molecule has 0 saturated carbocycles. The van der Waals surface area contributed by atoms with Crippen LogP contribution in [0.3, 0.4) is 0 Å². The molecule has 23 heavy (non-hydrogen) atoms. The third kappa shape index (κ3) is 2.65. The standard InChI is InChI=1S/C17H21N3O3/c1-10(2)20-17-14(9-18-20)12(8-16(21)19-17)13-7-11(22-3)5-6-15(13)23-4/h5-7,9-10,12H,8H2,1-4H3,(H,19,21). The van der Waals surface area contributed by atoms with Gasteiger partial charge in [0.1, 0.15) is 17.3 Å². The van der Waals surface area contributed by atoms with E-state index in [1.807, 2.05) is 42.9 Å². The van der Waals surface area contributed by atoms with Crippen LogP contribution in [-0.2, 0) is 4.79 Å². The first-order valence-electron chi connectivity index (χ1n) is 7.64. The van der Waals surface area contributed by atoms with Crippen molar-refractivity contribution in [1.29, 1.82) is 0 Å². The van der Waals surface area contributed by atoms with Crippen molar-refractivity contribution in [2.24, 2.45) is 0 Å². The lowest BCUT2D eigenvalue weighted by Gasteiger charge is -2.26. The van der Waals surface area contributed by atoms with Crippen LogP contribution in [0, 0.1) is 0 Å². The van der Waals surface area contributed by atoms with Crippen molar-refractivity contribution >= 4 is 11.7 Å². The van der Waals surface area contributed by atoms with E-state index >= 15 is 0 Å². The number of nitrogens with zero attached hydrogens (tertiary/aromatic N) is 2. The van der Waals surface area contributed by atoms with Crippen LogP contribution in [0.1, 0.15) is 43.4 Å². The summed E-state index contributed by atoms with van der Waals surface area (Å²) in [5.41, 5.74) is 1.94. The monoisotopic (exact) mass is 315 g/mol. The van der Waals surface area contributed by atoms with Gasteiger partial charge in [-0.3, -0.25) is 4.79 Å². The third-order valence-electron chi connectivity index (χ3n) is 4.15. The Bertz CT molecular complexity index is 737. The molecule has 0 aliphatic carbocycles. The molecule has 1 aliphatic rings. The highest BCUT2D eigenvalue weighted by Gasteiger charge is 2.32. The predicted octanol–water partition coefficient (Wildman–Crippen LogP) is 2.96. The summed E-state index contributed by atoms with van der Waals surface area (Å²) < 4.78 is 12.7. The Kier molecular flexibility index (Phi) is 3.98. The summed E-state index contributed by atoms with van der Waals surface area (Å²) in [5.74, 6) is 2.13. The second-order valence-corrected chi connectivity index (χ2v) is 5.90. The van der Waals surface area contributed by atoms with Crippen LogP contribution in [0.4, 0.5) is 5.82 Å². The maximum Gasteiger partial charge on any atom is 0.226 e. The van der Waals surface area contributed by atoms with Crippen LogP contribution in [-0.4, -0.2) is 29.9 Å². The highest BCUT2D eigenvalue weighted by molar-refractivity contribution is 5.94. The zero-order valence-electron chi connectivity index (χ0n) is 13.8. The van der Waals surface area contributed by atoms with Crippen molar-refractivity contribution in [1.82, 2.24) is 9.78 Å². The van der Waals surface area contributed by atoms with Crippen molar-refractivity contribution in [3.63, 3.8) is 0 Å². The smallest absolute Gasteiger partial charge is 0.226 e. The van der Waals surface area contributed by atoms with Gasteiger partial charge >= 0.3 is 0 Å². The highest BCUT2D eigenvalue weighted by atomic mass is 16.5. The SMILES string of the molecule is COc1ccc(OC)c(C2CC(=O)Nc3c2cnn3C(C)C)c1. The maximum atomic E-state index is 12.2. The highest BCUT2D eigenvalue weighted by Crippen LogP contribution is 2.42. The van der Waals surface area contributed by atoms with Gasteiger partial charge in [-0.2, -0.15) is 5.10 Å². The van der Waals surface area contributed by atoms with E-state index in [2.05, 4.69) is 10.4 Å². The summed E-state index contributed by atoms with van der Waals surface area (Å²) in [4.78, 5) is 12.2. The lowest BCUT2D eigenvalue weighted by molar-refractivity contribution is -0.116. The fourth-order valence-corrected chi connectivity index (χ4v) is 3.02. The molecule has 1 aromatic carbocycles. The summed E-state index contributed by atoms with van der Waals surface area (Å²) in [7, 11) is 3.26. The minimum absolute atomic E-state index is 0.0187. The molecule has 2 heterocycles. The van der Waals surface area contributed by atoms with E-state index in [9.17, 15) is 4.79 Å². The van der Waals surface area contributed by atoms with Gasteiger partial charge in [0.25, 0.3) is 0 Å². The Hall–Kier alpha value is -2.50. The van der Waals surface area contributed by atoms with Crippen LogP contribution in [0.15, 0.2) is 24.4 Å². The van der Waals surface area contributed by atoms with Crippen molar-refractivity contribution in [3.8, 4) is 11.5 Å². The largest absolute Gasteiger partial charge is 0.497 e. The van der Waals surface area contributed by atoms with E-state index < -0.39 is 0 Å². The molecule has 1 unspecified atom stereocenters. The number of hydrogen-bond donors (Lipinski definition) is 1. The number of hydrogen-bond acceptors (Lipinski definition) is 4. The van der Waals surface area contributed by atoms with E-state index in [0.29, 0.717) is 6.42 Å². The van der Waals surface area contributed by atoms with Gasteiger partial charge in [0, 0.05) is 29.5 Å². The molecule has 0 saturated heterocycles. The molecule has 2 aromatic rings. The fraction of sp³-hybridized carbons (Fsp3) is 0.412. The van der Waals surface area contributed by atoms with Gasteiger partial charge < -0.3 is 14.8 Å². The molecule has 1 N–H and O–H groups in total. The summed E-state index contributed by atoms with van der Waals surface area (Å²) >= 11 is 0. The number of carbonyl (C=O) groups excluding carboxylic acids is 1. The lowest BCUT2D eigenvalue weighted by atomic mass is 9.86. The molecule has 0 spiro atoms. The number of amides is 1. The topological polar surface area (TPSA) is 65.4 Å². The Morgan fingerprint density at radius 3 is 2.70 bits per heavy atom. The Balaban J connectivity index is 2.13. The van der Waals surface area contributed by atoms with Crippen molar-refractivity contribution in [2.75, 3.05) is 19.5 Å². The summed E-state index contributed by atoms with van der Waals surface area (Å²) in [6, 6.07) is 5.82. The second kappa shape index (κ2) is 5.95. The first-order valence-corrected chi connectivity index (χ1v) is 7.64. The molecule has 0 fully saturated rings. The van der Waals surface area contributed by atoms with Gasteiger partial charge in [-0.1, -0.05) is 0 Å². The normalized spacial score (nSPS) is 16.9. The van der Waals surface area contributed by atoms with Gasteiger partial charge in [-0.25, -0.2) is 4.68 Å². The van der Waals surface area contributed by atoms with E-state index in [1.54, 1.807) is 14.2 Å².